The summed E-state index contributed by atoms with van der Waals surface area (Å²) >= 11 is 4.46. The molecule has 1 amide bonds. The molecule has 0 aromatic heterocycles. The van der Waals surface area contributed by atoms with Gasteiger partial charge in [-0.25, -0.2) is 0 Å². The van der Waals surface area contributed by atoms with E-state index in [-0.39, 0.29) is 29.5 Å². The third kappa shape index (κ3) is 16.7. The molecular weight excluding hydrogens is 565 g/mol. The van der Waals surface area contributed by atoms with Crippen molar-refractivity contribution in [3.05, 3.63) is 72.0 Å². The number of nitrogens with zero attached hydrogens (tertiary/aromatic N) is 2. The van der Waals surface area contributed by atoms with Crippen LogP contribution in [0, 0.1) is 5.92 Å². The number of benzene rings is 1. The summed E-state index contributed by atoms with van der Waals surface area (Å²) in [5.41, 5.74) is 15.8. The van der Waals surface area contributed by atoms with Gasteiger partial charge in [0.1, 0.15) is 0 Å². The van der Waals surface area contributed by atoms with E-state index in [0.29, 0.717) is 24.6 Å². The van der Waals surface area contributed by atoms with Crippen molar-refractivity contribution in [3.63, 3.8) is 0 Å². The van der Waals surface area contributed by atoms with Gasteiger partial charge in [0, 0.05) is 34.5 Å². The lowest BCUT2D eigenvalue weighted by Crippen LogP contribution is -2.42. The van der Waals surface area contributed by atoms with E-state index in [0.717, 1.165) is 53.8 Å². The monoisotopic (exact) mass is 626 g/mol. The molecule has 0 heterocycles. The number of hydrogen-bond donors (Lipinski definition) is 3. The van der Waals surface area contributed by atoms with Crippen LogP contribution in [0.2, 0.25) is 0 Å². The molecule has 0 saturated heterocycles. The zero-order valence-electron chi connectivity index (χ0n) is 29.3. The molecular formula is C37H62N4O2S. The standard InChI is InChI=1S/C27H44N4OS.C8H12O.C2H6/c1-7-11-22(30-25(12-8-2)21-13-14-23(28)26(33)17-21)18-24(29)27(32)31(20(6)10-4)16-15-19(5)9-3;1-4-6-8(5-2)7(3)9;1-2/h8,13-14,17-20,25,33H,2,7,9-12,15-16,28-29H2,1,3-6H3;4-6H,1-3H3;1-2H3. The Balaban J connectivity index is 0. The summed E-state index contributed by atoms with van der Waals surface area (Å²) in [5.74, 6) is 0.584. The number of carbonyl (C=O) groups excluding carboxylic acids is 2. The fourth-order valence-electron chi connectivity index (χ4n) is 4.13. The minimum Gasteiger partial charge on any atom is -0.398 e. The summed E-state index contributed by atoms with van der Waals surface area (Å²) < 4.78 is 0. The lowest BCUT2D eigenvalue weighted by atomic mass is 10.0. The molecule has 1 aromatic carbocycles. The molecule has 0 fully saturated rings. The fraction of sp³-hybridized carbons (Fsp3) is 0.541. The van der Waals surface area contributed by atoms with Crippen molar-refractivity contribution in [1.29, 1.82) is 0 Å². The first-order valence-corrected chi connectivity index (χ1v) is 16.7. The number of amides is 1. The highest BCUT2D eigenvalue weighted by Gasteiger charge is 2.22. The average molecular weight is 627 g/mol. The van der Waals surface area contributed by atoms with Crippen molar-refractivity contribution in [2.75, 3.05) is 12.3 Å². The van der Waals surface area contributed by atoms with Crippen molar-refractivity contribution in [2.45, 2.75) is 125 Å². The largest absolute Gasteiger partial charge is 0.398 e. The Morgan fingerprint density at radius 3 is 2.18 bits per heavy atom. The van der Waals surface area contributed by atoms with E-state index in [1.54, 1.807) is 13.0 Å². The molecule has 0 spiro atoms. The molecule has 4 N–H and O–H groups in total. The Morgan fingerprint density at radius 1 is 1.11 bits per heavy atom. The number of hydrogen-bond acceptors (Lipinski definition) is 6. The van der Waals surface area contributed by atoms with Crippen LogP contribution in [-0.2, 0) is 9.59 Å². The fourth-order valence-corrected chi connectivity index (χ4v) is 4.35. The van der Waals surface area contributed by atoms with Crippen molar-refractivity contribution in [2.24, 2.45) is 16.6 Å². The second kappa shape index (κ2) is 25.3. The lowest BCUT2D eigenvalue weighted by molar-refractivity contribution is -0.129. The molecule has 0 aliphatic carbocycles. The smallest absolute Gasteiger partial charge is 0.270 e. The predicted octanol–water partition coefficient (Wildman–Crippen LogP) is 9.45. The van der Waals surface area contributed by atoms with Gasteiger partial charge in [-0.2, -0.15) is 0 Å². The predicted molar refractivity (Wildman–Crippen MR) is 196 cm³/mol. The van der Waals surface area contributed by atoms with E-state index >= 15 is 0 Å². The number of aliphatic imine (C=N–C) groups is 1. The molecule has 7 heteroatoms. The third-order valence-electron chi connectivity index (χ3n) is 7.23. The Hall–Kier alpha value is -3.06. The number of nitrogens with two attached hydrogens (primary N) is 2. The molecule has 0 aliphatic heterocycles. The second-order valence-corrected chi connectivity index (χ2v) is 11.2. The first-order valence-electron chi connectivity index (χ1n) is 16.2. The molecule has 0 aliphatic rings. The van der Waals surface area contributed by atoms with Gasteiger partial charge in [0.25, 0.3) is 5.91 Å². The van der Waals surface area contributed by atoms with Crippen LogP contribution in [0.25, 0.3) is 0 Å². The second-order valence-electron chi connectivity index (χ2n) is 10.7. The molecule has 3 unspecified atom stereocenters. The highest BCUT2D eigenvalue weighted by atomic mass is 32.1. The maximum Gasteiger partial charge on any atom is 0.270 e. The van der Waals surface area contributed by atoms with Gasteiger partial charge >= 0.3 is 0 Å². The van der Waals surface area contributed by atoms with Crippen molar-refractivity contribution >= 4 is 35.7 Å². The van der Waals surface area contributed by atoms with E-state index < -0.39 is 0 Å². The number of Topliss-reactive ketones (excluding diaryl/α,β-unsaturated/α-hetero) is 1. The summed E-state index contributed by atoms with van der Waals surface area (Å²) in [7, 11) is 0. The zero-order valence-corrected chi connectivity index (χ0v) is 30.2. The van der Waals surface area contributed by atoms with Crippen LogP contribution >= 0.6 is 12.6 Å². The highest BCUT2D eigenvalue weighted by Crippen LogP contribution is 2.28. The molecule has 0 saturated carbocycles. The van der Waals surface area contributed by atoms with Crippen molar-refractivity contribution in [1.82, 2.24) is 4.90 Å². The van der Waals surface area contributed by atoms with E-state index in [1.807, 2.05) is 75.1 Å². The van der Waals surface area contributed by atoms with E-state index in [1.165, 1.54) is 0 Å². The molecule has 0 radical (unpaired) electrons. The Morgan fingerprint density at radius 2 is 1.75 bits per heavy atom. The minimum absolute atomic E-state index is 0.109. The number of thiol groups is 1. The highest BCUT2D eigenvalue weighted by molar-refractivity contribution is 7.80. The Kier molecular flexibility index (Phi) is 24.8. The van der Waals surface area contributed by atoms with Crippen LogP contribution in [0.15, 0.2) is 76.3 Å². The van der Waals surface area contributed by atoms with Gasteiger partial charge in [0.15, 0.2) is 5.78 Å². The maximum atomic E-state index is 13.3. The Labute approximate surface area is 275 Å². The summed E-state index contributed by atoms with van der Waals surface area (Å²) in [6, 6.07) is 5.76. The first-order chi connectivity index (χ1) is 20.9. The summed E-state index contributed by atoms with van der Waals surface area (Å²) in [5, 5.41) is 0. The zero-order chi connectivity index (χ0) is 34.2. The minimum atomic E-state index is -0.134. The number of ketones is 1. The Bertz CT molecular complexity index is 1120. The first kappa shape index (κ1) is 43.1. The van der Waals surface area contributed by atoms with Gasteiger partial charge in [-0.05, 0) is 83.1 Å². The van der Waals surface area contributed by atoms with Crippen LogP contribution in [0.3, 0.4) is 0 Å². The van der Waals surface area contributed by atoms with Crippen LogP contribution < -0.4 is 11.5 Å². The topological polar surface area (TPSA) is 102 Å². The van der Waals surface area contributed by atoms with Gasteiger partial charge in [-0.1, -0.05) is 84.8 Å². The van der Waals surface area contributed by atoms with Crippen LogP contribution in [0.4, 0.5) is 5.69 Å². The average Bonchev–Trinajstić information content (AvgIpc) is 3.01. The molecule has 3 atom stereocenters. The lowest BCUT2D eigenvalue weighted by Gasteiger charge is -2.30. The van der Waals surface area contributed by atoms with Crippen molar-refractivity contribution in [3.8, 4) is 0 Å². The molecule has 1 rings (SSSR count). The summed E-state index contributed by atoms with van der Waals surface area (Å²) in [4.78, 5) is 31.5. The van der Waals surface area contributed by atoms with Gasteiger partial charge in [-0.15, -0.1) is 19.2 Å². The maximum absolute atomic E-state index is 13.3. The van der Waals surface area contributed by atoms with Crippen LogP contribution in [0.5, 0.6) is 0 Å². The third-order valence-corrected chi connectivity index (χ3v) is 7.62. The number of allylic oxidation sites excluding steroid dienone is 5. The summed E-state index contributed by atoms with van der Waals surface area (Å²) in [6.07, 6.45) is 14.4. The van der Waals surface area contributed by atoms with Gasteiger partial charge < -0.3 is 16.4 Å². The number of carbonyl (C=O) groups is 2. The molecule has 0 bridgehead atoms. The number of rotatable bonds is 16. The molecule has 44 heavy (non-hydrogen) atoms. The quantitative estimate of drug-likeness (QED) is 0.0425. The molecule has 6 nitrogen and oxygen atoms in total. The van der Waals surface area contributed by atoms with E-state index in [9.17, 15) is 9.59 Å². The molecule has 1 aromatic rings. The van der Waals surface area contributed by atoms with E-state index in [2.05, 4.69) is 53.8 Å². The number of anilines is 1. The number of nitrogen functional groups attached to an aromatic ring is 1. The normalized spacial score (nSPS) is 14.0. The molecule has 248 valence electrons. The van der Waals surface area contributed by atoms with E-state index in [4.69, 9.17) is 16.5 Å². The van der Waals surface area contributed by atoms with Crippen LogP contribution in [0.1, 0.15) is 119 Å². The van der Waals surface area contributed by atoms with Gasteiger partial charge in [0.05, 0.1) is 11.7 Å². The van der Waals surface area contributed by atoms with Crippen LogP contribution in [-0.4, -0.2) is 34.9 Å². The van der Waals surface area contributed by atoms with Crippen molar-refractivity contribution < 1.29 is 9.59 Å². The van der Waals surface area contributed by atoms with Gasteiger partial charge in [-0.3, -0.25) is 14.6 Å². The van der Waals surface area contributed by atoms with Gasteiger partial charge in [0.2, 0.25) is 0 Å². The summed E-state index contributed by atoms with van der Waals surface area (Å²) in [6.45, 7) is 24.6. The SMILES string of the molecule is C=CCC(N=C(C=C(N)C(=O)N(CCC(C)CC)C(C)CC)CCC)c1ccc(N)c(S)c1.CC.CC=CC(=CC)C(C)=O.